The summed E-state index contributed by atoms with van der Waals surface area (Å²) in [5.41, 5.74) is 0.893. The lowest BCUT2D eigenvalue weighted by Gasteiger charge is -2.21. The Labute approximate surface area is 75.0 Å². The van der Waals surface area contributed by atoms with Crippen molar-refractivity contribution >= 4 is 0 Å². The molecule has 0 saturated heterocycles. The van der Waals surface area contributed by atoms with Crippen molar-refractivity contribution in [1.29, 1.82) is 0 Å². The standard InChI is InChI=1S/C10H10F2O/c11-7-4-6-2-1-3-9(13)10(6)8(12)5-7/h4-5,9,13H,1-3H2/t9-/m0/s1. The summed E-state index contributed by atoms with van der Waals surface area (Å²) in [4.78, 5) is 0. The Balaban J connectivity index is 2.56. The molecule has 3 heteroatoms. The second-order valence-corrected chi connectivity index (χ2v) is 3.37. The van der Waals surface area contributed by atoms with Crippen molar-refractivity contribution in [3.05, 3.63) is 34.9 Å². The number of aliphatic hydroxyl groups excluding tert-OH is 1. The molecule has 0 aliphatic heterocycles. The molecule has 0 saturated carbocycles. The van der Waals surface area contributed by atoms with Crippen molar-refractivity contribution in [3.8, 4) is 0 Å². The number of hydrogen-bond acceptors (Lipinski definition) is 1. The summed E-state index contributed by atoms with van der Waals surface area (Å²) >= 11 is 0. The highest BCUT2D eigenvalue weighted by Gasteiger charge is 2.22. The van der Waals surface area contributed by atoms with Crippen LogP contribution in [0, 0.1) is 11.6 Å². The van der Waals surface area contributed by atoms with E-state index in [1.807, 2.05) is 0 Å². The predicted octanol–water partition coefficient (Wildman–Crippen LogP) is 2.33. The van der Waals surface area contributed by atoms with Crippen LogP contribution in [0.25, 0.3) is 0 Å². The first-order chi connectivity index (χ1) is 6.18. The summed E-state index contributed by atoms with van der Waals surface area (Å²) < 4.78 is 25.9. The summed E-state index contributed by atoms with van der Waals surface area (Å²) in [6, 6.07) is 2.13. The predicted molar refractivity (Wildman–Crippen MR) is 44.3 cm³/mol. The van der Waals surface area contributed by atoms with Crippen LogP contribution in [0.2, 0.25) is 0 Å². The van der Waals surface area contributed by atoms with Crippen LogP contribution < -0.4 is 0 Å². The molecule has 2 rings (SSSR count). The molecule has 0 spiro atoms. The lowest BCUT2D eigenvalue weighted by Crippen LogP contribution is -2.11. The van der Waals surface area contributed by atoms with Crippen LogP contribution in [0.15, 0.2) is 12.1 Å². The first-order valence-electron chi connectivity index (χ1n) is 4.34. The van der Waals surface area contributed by atoms with Crippen molar-refractivity contribution in [2.75, 3.05) is 0 Å². The smallest absolute Gasteiger partial charge is 0.132 e. The molecule has 1 N–H and O–H groups in total. The largest absolute Gasteiger partial charge is 0.388 e. The fourth-order valence-corrected chi connectivity index (χ4v) is 1.85. The first kappa shape index (κ1) is 8.63. The van der Waals surface area contributed by atoms with Crippen molar-refractivity contribution in [1.82, 2.24) is 0 Å². The molecule has 1 aliphatic carbocycles. The van der Waals surface area contributed by atoms with Gasteiger partial charge in [0.2, 0.25) is 0 Å². The molecule has 1 atom stereocenters. The third-order valence-electron chi connectivity index (χ3n) is 2.44. The van der Waals surface area contributed by atoms with Crippen molar-refractivity contribution in [3.63, 3.8) is 0 Å². The highest BCUT2D eigenvalue weighted by molar-refractivity contribution is 5.33. The third-order valence-corrected chi connectivity index (χ3v) is 2.44. The van der Waals surface area contributed by atoms with E-state index in [4.69, 9.17) is 0 Å². The highest BCUT2D eigenvalue weighted by atomic mass is 19.1. The molecule has 13 heavy (non-hydrogen) atoms. The van der Waals surface area contributed by atoms with E-state index in [-0.39, 0.29) is 5.56 Å². The Hall–Kier alpha value is -0.960. The minimum atomic E-state index is -0.760. The van der Waals surface area contributed by atoms with Crippen LogP contribution in [-0.2, 0) is 6.42 Å². The van der Waals surface area contributed by atoms with E-state index in [2.05, 4.69) is 0 Å². The Kier molecular flexibility index (Phi) is 2.04. The van der Waals surface area contributed by atoms with Gasteiger partial charge in [-0.2, -0.15) is 0 Å². The molecule has 1 aromatic carbocycles. The molecule has 0 bridgehead atoms. The van der Waals surface area contributed by atoms with Gasteiger partial charge in [-0.1, -0.05) is 0 Å². The molecule has 70 valence electrons. The van der Waals surface area contributed by atoms with Crippen LogP contribution in [-0.4, -0.2) is 5.11 Å². The molecule has 0 radical (unpaired) electrons. The molecule has 0 amide bonds. The Bertz CT molecular complexity index is 336. The molecular formula is C10H10F2O. The molecular weight excluding hydrogens is 174 g/mol. The Morgan fingerprint density at radius 1 is 1.31 bits per heavy atom. The van der Waals surface area contributed by atoms with E-state index in [1.54, 1.807) is 0 Å². The first-order valence-corrected chi connectivity index (χ1v) is 4.34. The topological polar surface area (TPSA) is 20.2 Å². The summed E-state index contributed by atoms with van der Waals surface area (Å²) in [6.45, 7) is 0. The summed E-state index contributed by atoms with van der Waals surface area (Å²) in [5.74, 6) is -1.19. The van der Waals surface area contributed by atoms with Crippen molar-refractivity contribution < 1.29 is 13.9 Å². The van der Waals surface area contributed by atoms with Gasteiger partial charge >= 0.3 is 0 Å². The van der Waals surface area contributed by atoms with E-state index in [1.165, 1.54) is 6.07 Å². The maximum atomic E-state index is 13.2. The van der Waals surface area contributed by atoms with Gasteiger partial charge in [-0.15, -0.1) is 0 Å². The minimum absolute atomic E-state index is 0.285. The highest BCUT2D eigenvalue weighted by Crippen LogP contribution is 2.31. The third kappa shape index (κ3) is 1.44. The number of aryl methyl sites for hydroxylation is 1. The second-order valence-electron chi connectivity index (χ2n) is 3.37. The van der Waals surface area contributed by atoms with Crippen molar-refractivity contribution in [2.24, 2.45) is 0 Å². The van der Waals surface area contributed by atoms with Crippen molar-refractivity contribution in [2.45, 2.75) is 25.4 Å². The van der Waals surface area contributed by atoms with E-state index in [0.717, 1.165) is 12.5 Å². The zero-order valence-electron chi connectivity index (χ0n) is 7.06. The SMILES string of the molecule is O[C@H]1CCCc2cc(F)cc(F)c21. The second kappa shape index (κ2) is 3.07. The van der Waals surface area contributed by atoms with E-state index in [9.17, 15) is 13.9 Å². The Morgan fingerprint density at radius 3 is 2.85 bits per heavy atom. The number of hydrogen-bond donors (Lipinski definition) is 1. The van der Waals surface area contributed by atoms with Gasteiger partial charge in [-0.3, -0.25) is 0 Å². The van der Waals surface area contributed by atoms with E-state index >= 15 is 0 Å². The van der Waals surface area contributed by atoms with Gasteiger partial charge in [0.15, 0.2) is 0 Å². The van der Waals surface area contributed by atoms with Crippen LogP contribution in [0.3, 0.4) is 0 Å². The van der Waals surface area contributed by atoms with Crippen LogP contribution >= 0.6 is 0 Å². The van der Waals surface area contributed by atoms with Gasteiger partial charge in [-0.25, -0.2) is 8.78 Å². The number of aliphatic hydroxyl groups is 1. The van der Waals surface area contributed by atoms with Crippen LogP contribution in [0.4, 0.5) is 8.78 Å². The lowest BCUT2D eigenvalue weighted by molar-refractivity contribution is 0.151. The normalized spacial score (nSPS) is 21.3. The molecule has 1 aliphatic rings. The van der Waals surface area contributed by atoms with Crippen LogP contribution in [0.1, 0.15) is 30.1 Å². The fourth-order valence-electron chi connectivity index (χ4n) is 1.85. The van der Waals surface area contributed by atoms with E-state index < -0.39 is 17.7 Å². The number of fused-ring (bicyclic) bond motifs is 1. The van der Waals surface area contributed by atoms with Gasteiger partial charge in [0.25, 0.3) is 0 Å². The zero-order chi connectivity index (χ0) is 9.42. The quantitative estimate of drug-likeness (QED) is 0.656. The van der Waals surface area contributed by atoms with Gasteiger partial charge in [0, 0.05) is 11.6 Å². The summed E-state index contributed by atoms with van der Waals surface area (Å²) in [5, 5.41) is 9.47. The van der Waals surface area contributed by atoms with E-state index in [0.29, 0.717) is 18.4 Å². The maximum absolute atomic E-state index is 13.2. The zero-order valence-corrected chi connectivity index (χ0v) is 7.06. The molecule has 0 fully saturated rings. The molecule has 0 heterocycles. The maximum Gasteiger partial charge on any atom is 0.132 e. The number of rotatable bonds is 0. The lowest BCUT2D eigenvalue weighted by atomic mass is 9.89. The molecule has 0 aromatic heterocycles. The average Bonchev–Trinajstić information content (AvgIpc) is 2.02. The monoisotopic (exact) mass is 184 g/mol. The Morgan fingerprint density at radius 2 is 2.08 bits per heavy atom. The van der Waals surface area contributed by atoms with Gasteiger partial charge in [-0.05, 0) is 30.9 Å². The summed E-state index contributed by atoms with van der Waals surface area (Å²) in [6.07, 6.45) is 1.25. The number of benzene rings is 1. The average molecular weight is 184 g/mol. The van der Waals surface area contributed by atoms with Gasteiger partial charge < -0.3 is 5.11 Å². The van der Waals surface area contributed by atoms with Gasteiger partial charge in [0.1, 0.15) is 11.6 Å². The number of halogens is 2. The molecule has 1 nitrogen and oxygen atoms in total. The minimum Gasteiger partial charge on any atom is -0.388 e. The molecule has 0 unspecified atom stereocenters. The molecule has 1 aromatic rings. The van der Waals surface area contributed by atoms with Crippen LogP contribution in [0.5, 0.6) is 0 Å². The van der Waals surface area contributed by atoms with Gasteiger partial charge in [0.05, 0.1) is 6.10 Å². The fraction of sp³-hybridized carbons (Fsp3) is 0.400. The summed E-state index contributed by atoms with van der Waals surface area (Å²) in [7, 11) is 0.